The highest BCUT2D eigenvalue weighted by Crippen LogP contribution is 2.38. The van der Waals surface area contributed by atoms with Crippen LogP contribution in [0.15, 0.2) is 30.3 Å². The Morgan fingerprint density at radius 2 is 1.95 bits per heavy atom. The van der Waals surface area contributed by atoms with Crippen molar-refractivity contribution in [1.82, 2.24) is 0 Å². The van der Waals surface area contributed by atoms with Gasteiger partial charge < -0.3 is 18.9 Å². The Morgan fingerprint density at radius 3 is 2.57 bits per heavy atom. The summed E-state index contributed by atoms with van der Waals surface area (Å²) in [6, 6.07) is 9.26. The van der Waals surface area contributed by atoms with Crippen LogP contribution in [0, 0.1) is 5.92 Å². The first-order valence-corrected chi connectivity index (χ1v) is 7.27. The first-order chi connectivity index (χ1) is 10.2. The Labute approximate surface area is 132 Å². The maximum Gasteiger partial charge on any atom is 0.358 e. The van der Waals surface area contributed by atoms with Gasteiger partial charge in [0, 0.05) is 32.4 Å². The predicted octanol–water partition coefficient (Wildman–Crippen LogP) is 2.37. The number of rotatable bonds is 5. The molecule has 4 nitrogen and oxygen atoms in total. The normalized spacial score (nSPS) is 28.3. The summed E-state index contributed by atoms with van der Waals surface area (Å²) in [4.78, 5) is 0. The van der Waals surface area contributed by atoms with Crippen LogP contribution < -0.4 is 4.74 Å². The van der Waals surface area contributed by atoms with Crippen LogP contribution in [0.1, 0.15) is 6.42 Å². The van der Waals surface area contributed by atoms with Crippen LogP contribution >= 0.6 is 12.2 Å². The monoisotopic (exact) mass is 306 g/mol. The largest absolute Gasteiger partial charge is 0.451 e. The van der Waals surface area contributed by atoms with Gasteiger partial charge in [-0.3, -0.25) is 0 Å². The molecule has 1 aliphatic rings. The molecule has 6 heteroatoms. The third kappa shape index (κ3) is 4.19. The summed E-state index contributed by atoms with van der Waals surface area (Å²) in [5.41, 5.74) is 0. The molecule has 1 aromatic rings. The van der Waals surface area contributed by atoms with Gasteiger partial charge in [-0.25, -0.2) is 0 Å². The second kappa shape index (κ2) is 7.78. The van der Waals surface area contributed by atoms with Gasteiger partial charge in [0.25, 0.3) is 0 Å². The van der Waals surface area contributed by atoms with E-state index in [9.17, 15) is 0 Å². The van der Waals surface area contributed by atoms with Crippen molar-refractivity contribution in [3.63, 3.8) is 0 Å². The molecule has 0 amide bonds. The fourth-order valence-electron chi connectivity index (χ4n) is 2.71. The number of ether oxygens (including phenoxy) is 4. The Balaban J connectivity index is 1.95. The summed E-state index contributed by atoms with van der Waals surface area (Å²) in [5.74, 6) is 0.670. The molecule has 0 aliphatic heterocycles. The van der Waals surface area contributed by atoms with E-state index in [4.69, 9.17) is 39.0 Å². The predicted molar refractivity (Wildman–Crippen MR) is 84.8 cm³/mol. The Morgan fingerprint density at radius 1 is 1.24 bits per heavy atom. The lowest BCUT2D eigenvalue weighted by atomic mass is 9.83. The van der Waals surface area contributed by atoms with E-state index in [-0.39, 0.29) is 29.2 Å². The summed E-state index contributed by atoms with van der Waals surface area (Å²) >= 11 is 5.14. The van der Waals surface area contributed by atoms with Crippen molar-refractivity contribution >= 4 is 25.3 Å². The molecular weight excluding hydrogens is 287 g/mol. The molecule has 1 aromatic carbocycles. The highest BCUT2D eigenvalue weighted by Gasteiger charge is 2.43. The van der Waals surface area contributed by atoms with E-state index < -0.39 is 0 Å². The lowest BCUT2D eigenvalue weighted by molar-refractivity contribution is -0.0281. The summed E-state index contributed by atoms with van der Waals surface area (Å²) in [6.07, 6.45) is 0.286. The fourth-order valence-corrected chi connectivity index (χ4v) is 2.91. The average Bonchev–Trinajstić information content (AvgIpc) is 2.76. The van der Waals surface area contributed by atoms with Crippen LogP contribution in [0.3, 0.4) is 0 Å². The molecule has 0 spiro atoms. The molecule has 0 N–H and O–H groups in total. The quantitative estimate of drug-likeness (QED) is 0.617. The van der Waals surface area contributed by atoms with Gasteiger partial charge in [-0.15, -0.1) is 0 Å². The minimum absolute atomic E-state index is 0.0572. The fraction of sp³-hybridized carbons (Fsp3) is 0.533. The van der Waals surface area contributed by atoms with Gasteiger partial charge in [-0.1, -0.05) is 18.2 Å². The van der Waals surface area contributed by atoms with Crippen molar-refractivity contribution in [3.05, 3.63) is 30.3 Å². The van der Waals surface area contributed by atoms with E-state index in [1.165, 1.54) is 0 Å². The maximum absolute atomic E-state index is 6.13. The van der Waals surface area contributed by atoms with E-state index in [0.717, 1.165) is 6.42 Å². The number of hydrogen-bond donors (Lipinski definition) is 0. The summed E-state index contributed by atoms with van der Waals surface area (Å²) in [5, 5.41) is 0.0572. The lowest BCUT2D eigenvalue weighted by Gasteiger charge is -2.25. The minimum atomic E-state index is -0.327. The molecule has 1 aliphatic carbocycles. The molecule has 1 saturated carbocycles. The third-order valence-corrected chi connectivity index (χ3v) is 3.79. The van der Waals surface area contributed by atoms with Gasteiger partial charge in [0.15, 0.2) is 0 Å². The molecule has 0 aromatic heterocycles. The number of benzene rings is 1. The van der Waals surface area contributed by atoms with Crippen molar-refractivity contribution < 1.29 is 18.9 Å². The van der Waals surface area contributed by atoms with Crippen molar-refractivity contribution in [2.75, 3.05) is 20.8 Å². The number of hydrogen-bond acceptors (Lipinski definition) is 5. The third-order valence-electron chi connectivity index (χ3n) is 3.61. The highest BCUT2D eigenvalue weighted by molar-refractivity contribution is 7.79. The lowest BCUT2D eigenvalue weighted by Crippen LogP contribution is -2.35. The maximum atomic E-state index is 6.13. The summed E-state index contributed by atoms with van der Waals surface area (Å²) in [7, 11) is 9.44. The molecule has 21 heavy (non-hydrogen) atoms. The van der Waals surface area contributed by atoms with Crippen molar-refractivity contribution in [3.8, 4) is 5.75 Å². The molecule has 112 valence electrons. The van der Waals surface area contributed by atoms with Gasteiger partial charge in [0.05, 0.1) is 20.6 Å². The second-order valence-electron chi connectivity index (χ2n) is 5.06. The summed E-state index contributed by atoms with van der Waals surface area (Å²) < 4.78 is 21.9. The van der Waals surface area contributed by atoms with Crippen LogP contribution in [0.5, 0.6) is 5.75 Å². The molecule has 2 radical (unpaired) electrons. The average molecular weight is 306 g/mol. The topological polar surface area (TPSA) is 36.9 Å². The zero-order chi connectivity index (χ0) is 15.2. The SMILES string of the molecule is [B][C@H]1C[C@H](COC)[C@@H](OC)C1OC(=S)Oc1ccccc1. The first-order valence-electron chi connectivity index (χ1n) is 6.86. The molecule has 1 unspecified atom stereocenters. The standard InChI is InChI=1S/C15H19BO4S/c1-17-9-10-8-12(16)14(13(10)18-2)20-15(21)19-11-6-4-3-5-7-11/h3-7,10,12-14H,8-9H2,1-2H3/t10-,12+,13-,14?/m1/s1. The van der Waals surface area contributed by atoms with Gasteiger partial charge >= 0.3 is 5.24 Å². The Bertz CT molecular complexity index is 456. The zero-order valence-electron chi connectivity index (χ0n) is 12.2. The van der Waals surface area contributed by atoms with Crippen LogP contribution in [-0.4, -0.2) is 46.1 Å². The molecule has 0 saturated heterocycles. The van der Waals surface area contributed by atoms with E-state index in [2.05, 4.69) is 0 Å². The van der Waals surface area contributed by atoms with Gasteiger partial charge in [0.2, 0.25) is 0 Å². The molecule has 2 rings (SSSR count). The van der Waals surface area contributed by atoms with Crippen molar-refractivity contribution in [2.45, 2.75) is 24.4 Å². The van der Waals surface area contributed by atoms with Crippen LogP contribution in [0.25, 0.3) is 0 Å². The van der Waals surface area contributed by atoms with Gasteiger partial charge in [0.1, 0.15) is 11.9 Å². The summed E-state index contributed by atoms with van der Waals surface area (Å²) in [6.45, 7) is 0.582. The smallest absolute Gasteiger partial charge is 0.358 e. The number of thiocarbonyl (C=S) groups is 1. The van der Waals surface area contributed by atoms with Crippen molar-refractivity contribution in [1.29, 1.82) is 0 Å². The number of para-hydroxylation sites is 1. The molecule has 4 atom stereocenters. The number of methoxy groups -OCH3 is 2. The second-order valence-corrected chi connectivity index (χ2v) is 5.40. The Kier molecular flexibility index (Phi) is 6.02. The minimum Gasteiger partial charge on any atom is -0.451 e. The van der Waals surface area contributed by atoms with Crippen molar-refractivity contribution in [2.24, 2.45) is 5.92 Å². The van der Waals surface area contributed by atoms with E-state index in [0.29, 0.717) is 12.4 Å². The Hall–Kier alpha value is -1.11. The molecule has 0 heterocycles. The van der Waals surface area contributed by atoms with Crippen LogP contribution in [-0.2, 0) is 14.2 Å². The van der Waals surface area contributed by atoms with Gasteiger partial charge in [-0.2, -0.15) is 0 Å². The van der Waals surface area contributed by atoms with E-state index in [1.807, 2.05) is 30.3 Å². The molecule has 1 fully saturated rings. The van der Waals surface area contributed by atoms with Crippen LogP contribution in [0.2, 0.25) is 5.82 Å². The molecular formula is C15H19BO4S. The highest BCUT2D eigenvalue weighted by atomic mass is 32.1. The van der Waals surface area contributed by atoms with E-state index >= 15 is 0 Å². The van der Waals surface area contributed by atoms with Gasteiger partial charge in [-0.05, 0) is 24.4 Å². The zero-order valence-corrected chi connectivity index (χ0v) is 13.0. The molecule has 0 bridgehead atoms. The first kappa shape index (κ1) is 16.3. The van der Waals surface area contributed by atoms with Crippen LogP contribution in [0.4, 0.5) is 0 Å². The van der Waals surface area contributed by atoms with E-state index in [1.54, 1.807) is 14.2 Å².